The summed E-state index contributed by atoms with van der Waals surface area (Å²) in [5, 5.41) is 3.32. The number of piperazine rings is 1. The van der Waals surface area contributed by atoms with Crippen LogP contribution in [0.1, 0.15) is 26.5 Å². The number of aromatic nitrogens is 1. The van der Waals surface area contributed by atoms with Crippen molar-refractivity contribution in [2.24, 2.45) is 0 Å². The summed E-state index contributed by atoms with van der Waals surface area (Å²) in [7, 11) is 3.41. The fourth-order valence-corrected chi connectivity index (χ4v) is 4.44. The Morgan fingerprint density at radius 3 is 2.48 bits per heavy atom. The van der Waals surface area contributed by atoms with Crippen LogP contribution in [0.4, 0.5) is 10.8 Å². The summed E-state index contributed by atoms with van der Waals surface area (Å²) in [4.78, 5) is 35.6. The predicted molar refractivity (Wildman–Crippen MR) is 118 cm³/mol. The maximum Gasteiger partial charge on any atom is 0.265 e. The Morgan fingerprint density at radius 1 is 1.14 bits per heavy atom. The Labute approximate surface area is 176 Å². The molecule has 7 nitrogen and oxygen atoms in total. The molecule has 0 spiro atoms. The molecule has 2 heterocycles. The van der Waals surface area contributed by atoms with Gasteiger partial charge in [-0.05, 0) is 38.0 Å². The summed E-state index contributed by atoms with van der Waals surface area (Å²) in [5.74, 6) is -0.189. The molecule has 1 aliphatic rings. The first-order valence-corrected chi connectivity index (χ1v) is 10.6. The molecule has 0 saturated carbocycles. The van der Waals surface area contributed by atoms with E-state index in [0.29, 0.717) is 22.2 Å². The molecular weight excluding hydrogens is 386 g/mol. The lowest BCUT2D eigenvalue weighted by Gasteiger charge is -2.36. The highest BCUT2D eigenvalue weighted by atomic mass is 32.1. The molecule has 1 fully saturated rings. The van der Waals surface area contributed by atoms with Crippen molar-refractivity contribution in [2.75, 3.05) is 57.0 Å². The van der Waals surface area contributed by atoms with E-state index in [1.807, 2.05) is 0 Å². The summed E-state index contributed by atoms with van der Waals surface area (Å²) in [6, 6.07) is 6.40. The van der Waals surface area contributed by atoms with Crippen molar-refractivity contribution < 1.29 is 9.59 Å². The Balaban J connectivity index is 1.53. The van der Waals surface area contributed by atoms with Crippen LogP contribution in [0.5, 0.6) is 0 Å². The van der Waals surface area contributed by atoms with E-state index < -0.39 is 0 Å². The van der Waals surface area contributed by atoms with Crippen molar-refractivity contribution in [3.63, 3.8) is 0 Å². The summed E-state index contributed by atoms with van der Waals surface area (Å²) < 4.78 is 0. The second kappa shape index (κ2) is 8.92. The molecule has 1 saturated heterocycles. The van der Waals surface area contributed by atoms with Gasteiger partial charge in [0.05, 0.1) is 12.2 Å². The number of benzene rings is 1. The summed E-state index contributed by atoms with van der Waals surface area (Å²) in [6.45, 7) is 9.88. The molecule has 0 aliphatic carbocycles. The minimum Gasteiger partial charge on any atom is -0.369 e. The topological polar surface area (TPSA) is 68.8 Å². The van der Waals surface area contributed by atoms with Crippen molar-refractivity contribution in [3.8, 4) is 0 Å². The number of nitrogens with one attached hydrogen (secondary N) is 1. The maximum atomic E-state index is 12.5. The SMILES string of the molecule is Cc1cccc(N2CCN(CC(=O)Nc3nc(C)c(C(=O)N(C)C)s3)CC2)c1C. The number of hydrogen-bond acceptors (Lipinski definition) is 6. The Bertz CT molecular complexity index is 900. The molecule has 29 heavy (non-hydrogen) atoms. The molecule has 0 atom stereocenters. The van der Waals surface area contributed by atoms with Crippen molar-refractivity contribution >= 4 is 34.0 Å². The normalized spacial score (nSPS) is 14.7. The summed E-state index contributed by atoms with van der Waals surface area (Å²) >= 11 is 1.23. The minimum absolute atomic E-state index is 0.0944. The zero-order valence-corrected chi connectivity index (χ0v) is 18.6. The van der Waals surface area contributed by atoms with Gasteiger partial charge in [-0.3, -0.25) is 14.5 Å². The molecule has 0 unspecified atom stereocenters. The van der Waals surface area contributed by atoms with E-state index in [1.165, 1.54) is 33.1 Å². The average Bonchev–Trinajstić information content (AvgIpc) is 3.03. The van der Waals surface area contributed by atoms with Crippen LogP contribution in [0.15, 0.2) is 18.2 Å². The summed E-state index contributed by atoms with van der Waals surface area (Å²) in [6.07, 6.45) is 0. The highest BCUT2D eigenvalue weighted by molar-refractivity contribution is 7.17. The van der Waals surface area contributed by atoms with Crippen molar-refractivity contribution in [1.29, 1.82) is 0 Å². The molecule has 1 aromatic carbocycles. The lowest BCUT2D eigenvalue weighted by molar-refractivity contribution is -0.117. The van der Waals surface area contributed by atoms with Crippen LogP contribution >= 0.6 is 11.3 Å². The molecule has 3 rings (SSSR count). The molecule has 0 bridgehead atoms. The van der Waals surface area contributed by atoms with Crippen LogP contribution < -0.4 is 10.2 Å². The van der Waals surface area contributed by atoms with Gasteiger partial charge in [0, 0.05) is 46.0 Å². The van der Waals surface area contributed by atoms with Gasteiger partial charge >= 0.3 is 0 Å². The van der Waals surface area contributed by atoms with Crippen LogP contribution in [0.25, 0.3) is 0 Å². The van der Waals surface area contributed by atoms with E-state index >= 15 is 0 Å². The second-order valence-electron chi connectivity index (χ2n) is 7.66. The van der Waals surface area contributed by atoms with Crippen molar-refractivity contribution in [1.82, 2.24) is 14.8 Å². The fourth-order valence-electron chi connectivity index (χ4n) is 3.44. The number of anilines is 2. The number of hydrogen-bond donors (Lipinski definition) is 1. The molecule has 2 aromatic rings. The Hall–Kier alpha value is -2.45. The monoisotopic (exact) mass is 415 g/mol. The van der Waals surface area contributed by atoms with E-state index in [9.17, 15) is 9.59 Å². The quantitative estimate of drug-likeness (QED) is 0.813. The third-order valence-electron chi connectivity index (χ3n) is 5.30. The van der Waals surface area contributed by atoms with Gasteiger partial charge in [-0.1, -0.05) is 23.5 Å². The Kier molecular flexibility index (Phi) is 6.54. The molecule has 8 heteroatoms. The van der Waals surface area contributed by atoms with E-state index in [-0.39, 0.29) is 11.8 Å². The first kappa shape index (κ1) is 21.3. The standard InChI is InChI=1S/C21H29N5O2S/c1-14-7-6-8-17(15(14)2)26-11-9-25(10-12-26)13-18(27)23-21-22-16(3)19(29-21)20(28)24(4)5/h6-8H,9-13H2,1-5H3,(H,22,23,27). The minimum atomic E-state index is -0.0946. The molecule has 156 valence electrons. The van der Waals surface area contributed by atoms with Gasteiger partial charge < -0.3 is 15.1 Å². The lowest BCUT2D eigenvalue weighted by atomic mass is 10.1. The molecular formula is C21H29N5O2S. The molecule has 1 aliphatic heterocycles. The van der Waals surface area contributed by atoms with Gasteiger partial charge in [-0.2, -0.15) is 0 Å². The predicted octanol–water partition coefficient (Wildman–Crippen LogP) is 2.53. The van der Waals surface area contributed by atoms with Gasteiger partial charge in [0.25, 0.3) is 5.91 Å². The van der Waals surface area contributed by atoms with E-state index in [1.54, 1.807) is 21.0 Å². The first-order chi connectivity index (χ1) is 13.8. The highest BCUT2D eigenvalue weighted by Gasteiger charge is 2.22. The summed E-state index contributed by atoms with van der Waals surface area (Å²) in [5.41, 5.74) is 4.55. The number of thiazole rings is 1. The maximum absolute atomic E-state index is 12.5. The molecule has 1 N–H and O–H groups in total. The fraction of sp³-hybridized carbons (Fsp3) is 0.476. The number of carbonyl (C=O) groups is 2. The van der Waals surface area contributed by atoms with Gasteiger partial charge in [0.15, 0.2) is 5.13 Å². The number of carbonyl (C=O) groups excluding carboxylic acids is 2. The van der Waals surface area contributed by atoms with Crippen LogP contribution in [0, 0.1) is 20.8 Å². The highest BCUT2D eigenvalue weighted by Crippen LogP contribution is 2.25. The van der Waals surface area contributed by atoms with Crippen molar-refractivity contribution in [3.05, 3.63) is 39.9 Å². The van der Waals surface area contributed by atoms with E-state index in [2.05, 4.69) is 52.1 Å². The van der Waals surface area contributed by atoms with Crippen LogP contribution in [0.2, 0.25) is 0 Å². The van der Waals surface area contributed by atoms with E-state index in [4.69, 9.17) is 0 Å². The third-order valence-corrected chi connectivity index (χ3v) is 6.36. The van der Waals surface area contributed by atoms with Crippen LogP contribution in [-0.2, 0) is 4.79 Å². The van der Waals surface area contributed by atoms with Gasteiger partial charge in [-0.25, -0.2) is 4.98 Å². The lowest BCUT2D eigenvalue weighted by Crippen LogP contribution is -2.48. The number of nitrogens with zero attached hydrogens (tertiary/aromatic N) is 4. The second-order valence-corrected chi connectivity index (χ2v) is 8.66. The van der Waals surface area contributed by atoms with Gasteiger partial charge in [-0.15, -0.1) is 0 Å². The Morgan fingerprint density at radius 2 is 1.83 bits per heavy atom. The van der Waals surface area contributed by atoms with Crippen molar-refractivity contribution in [2.45, 2.75) is 20.8 Å². The average molecular weight is 416 g/mol. The van der Waals surface area contributed by atoms with E-state index in [0.717, 1.165) is 26.2 Å². The smallest absolute Gasteiger partial charge is 0.265 e. The first-order valence-electron chi connectivity index (χ1n) is 9.78. The number of amides is 2. The molecule has 2 amide bonds. The van der Waals surface area contributed by atoms with Crippen LogP contribution in [-0.4, -0.2) is 73.4 Å². The number of aryl methyl sites for hydroxylation is 2. The van der Waals surface area contributed by atoms with Gasteiger partial charge in [0.2, 0.25) is 5.91 Å². The van der Waals surface area contributed by atoms with Gasteiger partial charge in [0.1, 0.15) is 4.88 Å². The van der Waals surface area contributed by atoms with Crippen LogP contribution in [0.3, 0.4) is 0 Å². The zero-order chi connectivity index (χ0) is 21.1. The number of rotatable bonds is 5. The molecule has 1 aromatic heterocycles. The third kappa shape index (κ3) is 4.94. The molecule has 0 radical (unpaired) electrons. The largest absolute Gasteiger partial charge is 0.369 e. The zero-order valence-electron chi connectivity index (χ0n) is 17.8.